The zero-order valence-electron chi connectivity index (χ0n) is 16.1. The fourth-order valence-electron chi connectivity index (χ4n) is 4.89. The van der Waals surface area contributed by atoms with Gasteiger partial charge < -0.3 is 9.80 Å². The summed E-state index contributed by atoms with van der Waals surface area (Å²) in [5.41, 5.74) is 1.29. The van der Waals surface area contributed by atoms with Crippen LogP contribution in [0.25, 0.3) is 0 Å². The SMILES string of the molecule is O=C(C1CCCCC1)N1CCN(CC(=O)N2CCCC2c2ccsc2)CC1. The van der Waals surface area contributed by atoms with Gasteiger partial charge in [-0.2, -0.15) is 11.3 Å². The highest BCUT2D eigenvalue weighted by molar-refractivity contribution is 7.08. The van der Waals surface area contributed by atoms with Crippen LogP contribution in [0.2, 0.25) is 0 Å². The topological polar surface area (TPSA) is 43.9 Å². The number of nitrogens with zero attached hydrogens (tertiary/aromatic N) is 3. The summed E-state index contributed by atoms with van der Waals surface area (Å²) in [6.45, 7) is 4.56. The highest BCUT2D eigenvalue weighted by Crippen LogP contribution is 2.33. The van der Waals surface area contributed by atoms with Crippen molar-refractivity contribution in [3.63, 3.8) is 0 Å². The van der Waals surface area contributed by atoms with Crippen molar-refractivity contribution in [1.29, 1.82) is 0 Å². The van der Waals surface area contributed by atoms with Gasteiger partial charge in [0.25, 0.3) is 0 Å². The fraction of sp³-hybridized carbons (Fsp3) is 0.714. The summed E-state index contributed by atoms with van der Waals surface area (Å²) in [4.78, 5) is 31.9. The van der Waals surface area contributed by atoms with Crippen molar-refractivity contribution in [3.05, 3.63) is 22.4 Å². The molecule has 1 saturated carbocycles. The molecule has 1 unspecified atom stereocenters. The Labute approximate surface area is 166 Å². The lowest BCUT2D eigenvalue weighted by atomic mass is 9.88. The maximum Gasteiger partial charge on any atom is 0.237 e. The highest BCUT2D eigenvalue weighted by atomic mass is 32.1. The van der Waals surface area contributed by atoms with Crippen molar-refractivity contribution in [2.24, 2.45) is 5.92 Å². The van der Waals surface area contributed by atoms with Crippen molar-refractivity contribution in [1.82, 2.24) is 14.7 Å². The van der Waals surface area contributed by atoms with Crippen LogP contribution in [0.4, 0.5) is 0 Å². The predicted octanol–water partition coefficient (Wildman–Crippen LogP) is 3.14. The van der Waals surface area contributed by atoms with Gasteiger partial charge in [-0.15, -0.1) is 0 Å². The van der Waals surface area contributed by atoms with E-state index in [2.05, 4.69) is 26.6 Å². The molecule has 1 aromatic rings. The van der Waals surface area contributed by atoms with Gasteiger partial charge in [0.15, 0.2) is 0 Å². The first-order valence-electron chi connectivity index (χ1n) is 10.5. The van der Waals surface area contributed by atoms with E-state index in [0.29, 0.717) is 12.5 Å². The van der Waals surface area contributed by atoms with Crippen molar-refractivity contribution < 1.29 is 9.59 Å². The zero-order chi connectivity index (χ0) is 18.6. The number of thiophene rings is 1. The van der Waals surface area contributed by atoms with Crippen molar-refractivity contribution in [2.45, 2.75) is 51.0 Å². The van der Waals surface area contributed by atoms with Crippen LogP contribution in [0.15, 0.2) is 16.8 Å². The Morgan fingerprint density at radius 2 is 1.74 bits per heavy atom. The Morgan fingerprint density at radius 3 is 2.44 bits per heavy atom. The molecule has 1 atom stereocenters. The van der Waals surface area contributed by atoms with Crippen LogP contribution in [-0.4, -0.2) is 65.8 Å². The molecule has 0 aromatic carbocycles. The van der Waals surface area contributed by atoms with Gasteiger partial charge >= 0.3 is 0 Å². The molecule has 0 radical (unpaired) electrons. The van der Waals surface area contributed by atoms with E-state index in [0.717, 1.165) is 58.4 Å². The van der Waals surface area contributed by atoms with Crippen LogP contribution < -0.4 is 0 Å². The maximum atomic E-state index is 12.9. The zero-order valence-corrected chi connectivity index (χ0v) is 17.0. The first-order chi connectivity index (χ1) is 13.2. The Bertz CT molecular complexity index is 634. The first-order valence-corrected chi connectivity index (χ1v) is 11.5. The van der Waals surface area contributed by atoms with Crippen LogP contribution in [0.5, 0.6) is 0 Å². The smallest absolute Gasteiger partial charge is 0.237 e. The molecular formula is C21H31N3O2S. The standard InChI is InChI=1S/C21H31N3O2S/c25-20(24-9-4-7-19(24)18-8-14-27-16-18)15-22-10-12-23(13-11-22)21(26)17-5-2-1-3-6-17/h8,14,16-17,19H,1-7,9-13,15H2. The Hall–Kier alpha value is -1.40. The van der Waals surface area contributed by atoms with Gasteiger partial charge in [0, 0.05) is 38.6 Å². The fourth-order valence-corrected chi connectivity index (χ4v) is 5.60. The molecule has 3 heterocycles. The predicted molar refractivity (Wildman–Crippen MR) is 108 cm³/mol. The van der Waals surface area contributed by atoms with Crippen LogP contribution in [0.1, 0.15) is 56.6 Å². The van der Waals surface area contributed by atoms with Gasteiger partial charge in [-0.05, 0) is 48.1 Å². The van der Waals surface area contributed by atoms with Gasteiger partial charge in [0.05, 0.1) is 12.6 Å². The van der Waals surface area contributed by atoms with Crippen LogP contribution in [0, 0.1) is 5.92 Å². The van der Waals surface area contributed by atoms with E-state index >= 15 is 0 Å². The summed E-state index contributed by atoms with van der Waals surface area (Å²) in [6.07, 6.45) is 7.98. The Kier molecular flexibility index (Phi) is 6.13. The molecule has 2 aliphatic heterocycles. The van der Waals surface area contributed by atoms with Crippen molar-refractivity contribution >= 4 is 23.2 Å². The molecule has 6 heteroatoms. The summed E-state index contributed by atoms with van der Waals surface area (Å²) in [5.74, 6) is 0.858. The largest absolute Gasteiger partial charge is 0.340 e. The van der Waals surface area contributed by atoms with Gasteiger partial charge in [-0.25, -0.2) is 0 Å². The molecule has 0 bridgehead atoms. The minimum absolute atomic E-state index is 0.246. The number of rotatable bonds is 4. The average molecular weight is 390 g/mol. The monoisotopic (exact) mass is 389 g/mol. The van der Waals surface area contributed by atoms with Crippen molar-refractivity contribution in [2.75, 3.05) is 39.3 Å². The summed E-state index contributed by atoms with van der Waals surface area (Å²) in [6, 6.07) is 2.41. The number of carbonyl (C=O) groups is 2. The third kappa shape index (κ3) is 4.37. The number of carbonyl (C=O) groups excluding carboxylic acids is 2. The molecule has 0 spiro atoms. The minimum Gasteiger partial charge on any atom is -0.340 e. The molecule has 4 rings (SSSR count). The van der Waals surface area contributed by atoms with Gasteiger partial charge in [0.2, 0.25) is 11.8 Å². The Morgan fingerprint density at radius 1 is 0.963 bits per heavy atom. The van der Waals surface area contributed by atoms with Gasteiger partial charge in [-0.1, -0.05) is 19.3 Å². The number of hydrogen-bond donors (Lipinski definition) is 0. The molecule has 27 heavy (non-hydrogen) atoms. The highest BCUT2D eigenvalue weighted by Gasteiger charge is 2.33. The molecule has 1 aromatic heterocycles. The molecule has 1 aliphatic carbocycles. The number of piperazine rings is 1. The normalized spacial score (nSPS) is 25.1. The van der Waals surface area contributed by atoms with Crippen LogP contribution in [-0.2, 0) is 9.59 Å². The lowest BCUT2D eigenvalue weighted by molar-refractivity contribution is -0.139. The molecule has 2 amide bonds. The second kappa shape index (κ2) is 8.74. The summed E-state index contributed by atoms with van der Waals surface area (Å²) in [7, 11) is 0. The summed E-state index contributed by atoms with van der Waals surface area (Å²) >= 11 is 1.70. The second-order valence-electron chi connectivity index (χ2n) is 8.24. The van der Waals surface area contributed by atoms with Crippen LogP contribution >= 0.6 is 11.3 Å². The van der Waals surface area contributed by atoms with E-state index in [1.54, 1.807) is 11.3 Å². The van der Waals surface area contributed by atoms with E-state index in [-0.39, 0.29) is 17.9 Å². The lowest BCUT2D eigenvalue weighted by Gasteiger charge is -2.37. The molecule has 5 nitrogen and oxygen atoms in total. The third-order valence-electron chi connectivity index (χ3n) is 6.50. The minimum atomic E-state index is 0.246. The number of hydrogen-bond acceptors (Lipinski definition) is 4. The molecule has 3 fully saturated rings. The molecule has 0 N–H and O–H groups in total. The van der Waals surface area contributed by atoms with E-state index in [9.17, 15) is 9.59 Å². The first kappa shape index (κ1) is 18.9. The van der Waals surface area contributed by atoms with Gasteiger partial charge in [-0.3, -0.25) is 14.5 Å². The molecule has 2 saturated heterocycles. The van der Waals surface area contributed by atoms with Gasteiger partial charge in [0.1, 0.15) is 0 Å². The van der Waals surface area contributed by atoms with Crippen molar-refractivity contribution in [3.8, 4) is 0 Å². The number of likely N-dealkylation sites (tertiary alicyclic amines) is 1. The number of amides is 2. The third-order valence-corrected chi connectivity index (χ3v) is 7.20. The maximum absolute atomic E-state index is 12.9. The summed E-state index contributed by atoms with van der Waals surface area (Å²) in [5, 5.41) is 4.27. The van der Waals surface area contributed by atoms with E-state index in [1.807, 2.05) is 4.90 Å². The Balaban J connectivity index is 1.26. The lowest BCUT2D eigenvalue weighted by Crippen LogP contribution is -2.52. The molecule has 148 valence electrons. The second-order valence-corrected chi connectivity index (χ2v) is 9.02. The van der Waals surface area contributed by atoms with Crippen LogP contribution in [0.3, 0.4) is 0 Å². The van der Waals surface area contributed by atoms with E-state index in [4.69, 9.17) is 0 Å². The molecular weight excluding hydrogens is 358 g/mol. The average Bonchev–Trinajstić information content (AvgIpc) is 3.40. The quantitative estimate of drug-likeness (QED) is 0.795. The van der Waals surface area contributed by atoms with E-state index < -0.39 is 0 Å². The molecule has 3 aliphatic rings. The summed E-state index contributed by atoms with van der Waals surface area (Å²) < 4.78 is 0. The van der Waals surface area contributed by atoms with E-state index in [1.165, 1.54) is 24.8 Å².